The molecule has 0 bridgehead atoms. The predicted molar refractivity (Wildman–Crippen MR) is 173 cm³/mol. The fourth-order valence-corrected chi connectivity index (χ4v) is 10.1. The maximum atomic E-state index is 16.1. The molecule has 0 saturated heterocycles. The van der Waals surface area contributed by atoms with E-state index < -0.39 is 24.6 Å². The number of rotatable bonds is 3. The van der Waals surface area contributed by atoms with Crippen LogP contribution in [0.25, 0.3) is 64.6 Å². The molecule has 0 fully saturated rings. The van der Waals surface area contributed by atoms with Gasteiger partial charge in [0.05, 0.1) is 0 Å². The van der Waals surface area contributed by atoms with E-state index in [9.17, 15) is 13.2 Å². The number of benzene rings is 9. The summed E-state index contributed by atoms with van der Waals surface area (Å²) in [6.45, 7) is 0. The van der Waals surface area contributed by atoms with Crippen LogP contribution in [0.2, 0.25) is 0 Å². The Morgan fingerprint density at radius 1 is 0.419 bits per heavy atom. The maximum absolute atomic E-state index is 16.1. The molecule has 9 aromatic carbocycles. The van der Waals surface area contributed by atoms with Gasteiger partial charge in [0, 0.05) is 15.9 Å². The van der Waals surface area contributed by atoms with E-state index in [1.807, 2.05) is 84.9 Å². The van der Waals surface area contributed by atoms with Gasteiger partial charge in [0.2, 0.25) is 0 Å². The van der Waals surface area contributed by atoms with E-state index in [0.29, 0.717) is 10.6 Å². The van der Waals surface area contributed by atoms with Crippen LogP contribution in [-0.4, -0.2) is 0 Å². The van der Waals surface area contributed by atoms with Crippen molar-refractivity contribution in [3.63, 3.8) is 0 Å². The SMILES string of the molecule is O=P(c1cc(F)c(F)c(F)c1)(c1ccc2ccc3cccc4ccc1c2c34)c1ccc2ccc3cccc4ccc1c2c34. The average Bonchev–Trinajstić information content (AvgIpc) is 3.04. The van der Waals surface area contributed by atoms with Gasteiger partial charge in [0.1, 0.15) is 0 Å². The molecule has 0 spiro atoms. The molecule has 204 valence electrons. The first-order chi connectivity index (χ1) is 20.9. The standard InChI is InChI=1S/C38H20F3OP/c39-30-19-27(20-31(40)38(30)41)43(42,32-17-13-25-9-7-21-3-1-5-23-11-15-28(32)36(25)34(21)23)33-18-14-26-10-8-22-4-2-6-24-12-16-29(33)37(26)35(22)24/h1-20H. The van der Waals surface area contributed by atoms with Gasteiger partial charge in [-0.05, 0) is 88.9 Å². The molecule has 0 amide bonds. The molecule has 0 aliphatic heterocycles. The molecule has 9 aromatic rings. The molecule has 0 radical (unpaired) electrons. The quantitative estimate of drug-likeness (QED) is 0.116. The van der Waals surface area contributed by atoms with Crippen LogP contribution in [0, 0.1) is 17.5 Å². The first-order valence-corrected chi connectivity index (χ1v) is 15.7. The minimum Gasteiger partial charge on any atom is -0.309 e. The van der Waals surface area contributed by atoms with Crippen LogP contribution in [0.3, 0.4) is 0 Å². The highest BCUT2D eigenvalue weighted by Crippen LogP contribution is 2.49. The molecule has 0 N–H and O–H groups in total. The van der Waals surface area contributed by atoms with Crippen LogP contribution in [0.1, 0.15) is 0 Å². The summed E-state index contributed by atoms with van der Waals surface area (Å²) in [7, 11) is -4.01. The topological polar surface area (TPSA) is 17.1 Å². The smallest absolute Gasteiger partial charge is 0.194 e. The normalized spacial score (nSPS) is 12.6. The molecule has 0 aliphatic rings. The van der Waals surface area contributed by atoms with E-state index in [4.69, 9.17) is 0 Å². The van der Waals surface area contributed by atoms with Gasteiger partial charge < -0.3 is 4.57 Å². The van der Waals surface area contributed by atoms with Crippen molar-refractivity contribution >= 4 is 87.7 Å². The highest BCUT2D eigenvalue weighted by molar-refractivity contribution is 7.86. The predicted octanol–water partition coefficient (Wildman–Crippen LogP) is 9.54. The summed E-state index contributed by atoms with van der Waals surface area (Å²) in [5.74, 6) is -4.32. The summed E-state index contributed by atoms with van der Waals surface area (Å²) in [5, 5.41) is 12.4. The third-order valence-corrected chi connectivity index (χ3v) is 12.1. The largest absolute Gasteiger partial charge is 0.309 e. The van der Waals surface area contributed by atoms with Crippen LogP contribution in [-0.2, 0) is 4.57 Å². The van der Waals surface area contributed by atoms with Gasteiger partial charge in [-0.15, -0.1) is 0 Å². The summed E-state index contributed by atoms with van der Waals surface area (Å²) in [6.07, 6.45) is 0. The zero-order valence-electron chi connectivity index (χ0n) is 22.5. The Kier molecular flexibility index (Phi) is 4.91. The summed E-state index contributed by atoms with van der Waals surface area (Å²) in [5.41, 5.74) is 0. The first kappa shape index (κ1) is 24.7. The Balaban J connectivity index is 1.48. The number of halogens is 3. The monoisotopic (exact) mass is 580 g/mol. The highest BCUT2D eigenvalue weighted by Gasteiger charge is 2.36. The second kappa shape index (κ2) is 8.56. The molecule has 5 heteroatoms. The Morgan fingerprint density at radius 3 is 1.19 bits per heavy atom. The molecular weight excluding hydrogens is 560 g/mol. The lowest BCUT2D eigenvalue weighted by molar-refractivity contribution is 0.448. The molecule has 0 atom stereocenters. The van der Waals surface area contributed by atoms with E-state index in [2.05, 4.69) is 12.1 Å². The minimum absolute atomic E-state index is 0.0889. The van der Waals surface area contributed by atoms with Crippen LogP contribution < -0.4 is 15.9 Å². The van der Waals surface area contributed by atoms with Crippen molar-refractivity contribution in [1.29, 1.82) is 0 Å². The molecule has 1 nitrogen and oxygen atoms in total. The third-order valence-electron chi connectivity index (χ3n) is 9.02. The van der Waals surface area contributed by atoms with Crippen molar-refractivity contribution in [3.05, 3.63) is 139 Å². The van der Waals surface area contributed by atoms with Crippen LogP contribution >= 0.6 is 7.14 Å². The van der Waals surface area contributed by atoms with Crippen molar-refractivity contribution in [2.24, 2.45) is 0 Å². The third kappa shape index (κ3) is 3.22. The molecule has 9 rings (SSSR count). The zero-order chi connectivity index (χ0) is 29.0. The van der Waals surface area contributed by atoms with Crippen LogP contribution in [0.4, 0.5) is 13.2 Å². The second-order valence-electron chi connectivity index (χ2n) is 11.2. The van der Waals surface area contributed by atoms with E-state index in [-0.39, 0.29) is 5.30 Å². The lowest BCUT2D eigenvalue weighted by atomic mass is 9.94. The average molecular weight is 581 g/mol. The van der Waals surface area contributed by atoms with Gasteiger partial charge in [0.15, 0.2) is 24.6 Å². The summed E-state index contributed by atoms with van der Waals surface area (Å²) in [6, 6.07) is 37.5. The Hall–Kier alpha value is -4.92. The van der Waals surface area contributed by atoms with Crippen molar-refractivity contribution < 1.29 is 17.7 Å². The van der Waals surface area contributed by atoms with Crippen LogP contribution in [0.15, 0.2) is 121 Å². The zero-order valence-corrected chi connectivity index (χ0v) is 23.4. The molecule has 0 saturated carbocycles. The fraction of sp³-hybridized carbons (Fsp3) is 0. The Bertz CT molecular complexity index is 2430. The summed E-state index contributed by atoms with van der Waals surface area (Å²) >= 11 is 0. The maximum Gasteiger partial charge on any atom is 0.194 e. The minimum atomic E-state index is -4.01. The Labute approximate surface area is 243 Å². The molecule has 0 heterocycles. The van der Waals surface area contributed by atoms with Crippen molar-refractivity contribution in [2.75, 3.05) is 0 Å². The van der Waals surface area contributed by atoms with Crippen LogP contribution in [0.5, 0.6) is 0 Å². The fourth-order valence-electron chi connectivity index (χ4n) is 7.12. The van der Waals surface area contributed by atoms with Gasteiger partial charge in [-0.1, -0.05) is 97.1 Å². The molecular formula is C38H20F3OP. The molecule has 0 aliphatic carbocycles. The first-order valence-electron chi connectivity index (χ1n) is 14.0. The van der Waals surface area contributed by atoms with Gasteiger partial charge in [-0.3, -0.25) is 0 Å². The molecule has 0 unspecified atom stereocenters. The summed E-state index contributed by atoms with van der Waals surface area (Å²) in [4.78, 5) is 0. The lowest BCUT2D eigenvalue weighted by Gasteiger charge is -2.25. The molecule has 43 heavy (non-hydrogen) atoms. The lowest BCUT2D eigenvalue weighted by Crippen LogP contribution is -2.27. The van der Waals surface area contributed by atoms with Crippen molar-refractivity contribution in [1.82, 2.24) is 0 Å². The highest BCUT2D eigenvalue weighted by atomic mass is 31.2. The van der Waals surface area contributed by atoms with E-state index >= 15 is 4.57 Å². The van der Waals surface area contributed by atoms with E-state index in [0.717, 1.165) is 76.8 Å². The summed E-state index contributed by atoms with van der Waals surface area (Å²) < 4.78 is 60.3. The number of hydrogen-bond donors (Lipinski definition) is 0. The van der Waals surface area contributed by atoms with Gasteiger partial charge in [-0.25, -0.2) is 13.2 Å². The van der Waals surface area contributed by atoms with E-state index in [1.165, 1.54) is 0 Å². The molecule has 0 aromatic heterocycles. The van der Waals surface area contributed by atoms with Gasteiger partial charge >= 0.3 is 0 Å². The second-order valence-corrected chi connectivity index (χ2v) is 13.9. The van der Waals surface area contributed by atoms with Gasteiger partial charge in [-0.2, -0.15) is 0 Å². The van der Waals surface area contributed by atoms with Crippen molar-refractivity contribution in [3.8, 4) is 0 Å². The number of hydrogen-bond acceptors (Lipinski definition) is 1. The van der Waals surface area contributed by atoms with Crippen molar-refractivity contribution in [2.45, 2.75) is 0 Å². The van der Waals surface area contributed by atoms with Gasteiger partial charge in [0.25, 0.3) is 0 Å². The Morgan fingerprint density at radius 2 is 0.767 bits per heavy atom. The van der Waals surface area contributed by atoms with E-state index in [1.54, 1.807) is 12.1 Å².